The summed E-state index contributed by atoms with van der Waals surface area (Å²) in [5, 5.41) is 17.7. The third kappa shape index (κ3) is 2.59. The topological polar surface area (TPSA) is 85.5 Å². The molecule has 1 aliphatic carbocycles. The fraction of sp³-hybridized carbons (Fsp3) is 0.462. The van der Waals surface area contributed by atoms with Crippen molar-refractivity contribution < 1.29 is 19.2 Å². The van der Waals surface area contributed by atoms with Gasteiger partial charge in [-0.25, -0.2) is 4.79 Å². The molecule has 6 nitrogen and oxygen atoms in total. The Morgan fingerprint density at radius 3 is 3.00 bits per heavy atom. The SMILES string of the molecule is O=C(OCc1nc(-c2ccsc2)no1)C1(O)CCCC1. The van der Waals surface area contributed by atoms with Gasteiger partial charge in [0.1, 0.15) is 0 Å². The number of carbonyl (C=O) groups excluding carboxylic acids is 1. The van der Waals surface area contributed by atoms with Crippen molar-refractivity contribution in [3.8, 4) is 11.4 Å². The minimum Gasteiger partial charge on any atom is -0.453 e. The molecule has 1 aliphatic rings. The molecule has 2 heterocycles. The number of thiophene rings is 1. The fourth-order valence-corrected chi connectivity index (χ4v) is 2.88. The highest BCUT2D eigenvalue weighted by molar-refractivity contribution is 7.08. The van der Waals surface area contributed by atoms with E-state index in [9.17, 15) is 9.90 Å². The van der Waals surface area contributed by atoms with Gasteiger partial charge in [-0.1, -0.05) is 5.16 Å². The Hall–Kier alpha value is -1.73. The molecule has 2 aromatic heterocycles. The van der Waals surface area contributed by atoms with Crippen LogP contribution in [0.3, 0.4) is 0 Å². The zero-order chi connectivity index (χ0) is 14.0. The van der Waals surface area contributed by atoms with E-state index >= 15 is 0 Å². The Morgan fingerprint density at radius 1 is 1.50 bits per heavy atom. The van der Waals surface area contributed by atoms with Gasteiger partial charge in [-0.05, 0) is 37.1 Å². The molecule has 0 saturated heterocycles. The van der Waals surface area contributed by atoms with Crippen molar-refractivity contribution in [2.75, 3.05) is 0 Å². The lowest BCUT2D eigenvalue weighted by molar-refractivity contribution is -0.167. The summed E-state index contributed by atoms with van der Waals surface area (Å²) in [5.41, 5.74) is -0.471. The molecule has 0 radical (unpaired) electrons. The van der Waals surface area contributed by atoms with Crippen molar-refractivity contribution in [1.82, 2.24) is 10.1 Å². The van der Waals surface area contributed by atoms with Crippen LogP contribution < -0.4 is 0 Å². The molecule has 1 saturated carbocycles. The standard InChI is InChI=1S/C13H14N2O4S/c16-12(13(17)4-1-2-5-13)18-7-10-14-11(15-19-10)9-3-6-20-8-9/h3,6,8,17H,1-2,4-5,7H2. The van der Waals surface area contributed by atoms with Gasteiger partial charge >= 0.3 is 5.97 Å². The number of carbonyl (C=O) groups is 1. The molecule has 0 bridgehead atoms. The first-order valence-corrected chi connectivity index (χ1v) is 7.36. The molecule has 0 atom stereocenters. The summed E-state index contributed by atoms with van der Waals surface area (Å²) >= 11 is 1.54. The Bertz CT molecular complexity index is 587. The van der Waals surface area contributed by atoms with Crippen molar-refractivity contribution in [3.05, 3.63) is 22.7 Å². The van der Waals surface area contributed by atoms with Crippen LogP contribution in [0.25, 0.3) is 11.4 Å². The molecule has 20 heavy (non-hydrogen) atoms. The van der Waals surface area contributed by atoms with E-state index in [1.54, 1.807) is 0 Å². The zero-order valence-corrected chi connectivity index (χ0v) is 11.6. The van der Waals surface area contributed by atoms with Crippen LogP contribution >= 0.6 is 11.3 Å². The maximum Gasteiger partial charge on any atom is 0.338 e. The number of ether oxygens (including phenoxy) is 1. The largest absolute Gasteiger partial charge is 0.453 e. The van der Waals surface area contributed by atoms with Gasteiger partial charge in [-0.2, -0.15) is 16.3 Å². The lowest BCUT2D eigenvalue weighted by Crippen LogP contribution is -2.36. The van der Waals surface area contributed by atoms with Crippen LogP contribution in [-0.4, -0.2) is 26.8 Å². The third-order valence-corrected chi connectivity index (χ3v) is 4.07. The summed E-state index contributed by atoms with van der Waals surface area (Å²) in [7, 11) is 0. The molecule has 1 fully saturated rings. The van der Waals surface area contributed by atoms with E-state index in [4.69, 9.17) is 9.26 Å². The number of rotatable bonds is 4. The molecular formula is C13H14N2O4S. The molecule has 0 aliphatic heterocycles. The Morgan fingerprint density at radius 2 is 2.30 bits per heavy atom. The van der Waals surface area contributed by atoms with E-state index < -0.39 is 11.6 Å². The number of esters is 1. The molecule has 3 rings (SSSR count). The maximum atomic E-state index is 11.8. The summed E-state index contributed by atoms with van der Waals surface area (Å²) in [6, 6.07) is 1.88. The third-order valence-electron chi connectivity index (χ3n) is 3.38. The smallest absolute Gasteiger partial charge is 0.338 e. The van der Waals surface area contributed by atoms with Gasteiger partial charge in [0.25, 0.3) is 5.89 Å². The molecule has 0 spiro atoms. The summed E-state index contributed by atoms with van der Waals surface area (Å²) < 4.78 is 10.1. The first-order valence-electron chi connectivity index (χ1n) is 6.42. The predicted molar refractivity (Wildman–Crippen MR) is 70.8 cm³/mol. The average molecular weight is 294 g/mol. The maximum absolute atomic E-state index is 11.8. The van der Waals surface area contributed by atoms with Crippen molar-refractivity contribution >= 4 is 17.3 Å². The van der Waals surface area contributed by atoms with Gasteiger partial charge in [0.15, 0.2) is 12.2 Å². The first kappa shape index (κ1) is 13.3. The molecule has 7 heteroatoms. The molecular weight excluding hydrogens is 280 g/mol. The molecule has 106 valence electrons. The quantitative estimate of drug-likeness (QED) is 0.870. The summed E-state index contributed by atoms with van der Waals surface area (Å²) in [6.45, 7) is -0.113. The van der Waals surface area contributed by atoms with E-state index in [0.29, 0.717) is 18.7 Å². The average Bonchev–Trinajstić information content (AvgIpc) is 3.17. The highest BCUT2D eigenvalue weighted by Gasteiger charge is 2.40. The van der Waals surface area contributed by atoms with E-state index in [2.05, 4.69) is 10.1 Å². The number of nitrogens with zero attached hydrogens (tertiary/aromatic N) is 2. The van der Waals surface area contributed by atoms with E-state index in [1.807, 2.05) is 16.8 Å². The second kappa shape index (κ2) is 5.34. The van der Waals surface area contributed by atoms with Gasteiger partial charge in [0.05, 0.1) is 0 Å². The lowest BCUT2D eigenvalue weighted by atomic mass is 10.0. The molecule has 0 aromatic carbocycles. The molecule has 0 amide bonds. The van der Waals surface area contributed by atoms with Crippen molar-refractivity contribution in [2.24, 2.45) is 0 Å². The predicted octanol–water partition coefficient (Wildman–Crippen LogP) is 2.15. The van der Waals surface area contributed by atoms with Gasteiger partial charge in [-0.15, -0.1) is 0 Å². The van der Waals surface area contributed by atoms with Gasteiger partial charge in [0, 0.05) is 10.9 Å². The van der Waals surface area contributed by atoms with Crippen molar-refractivity contribution in [1.29, 1.82) is 0 Å². The fourth-order valence-electron chi connectivity index (χ4n) is 2.25. The van der Waals surface area contributed by atoms with Gasteiger partial charge in [0.2, 0.25) is 5.82 Å². The van der Waals surface area contributed by atoms with Crippen LogP contribution in [0, 0.1) is 0 Å². The minimum atomic E-state index is -1.34. The number of hydrogen-bond acceptors (Lipinski definition) is 7. The van der Waals surface area contributed by atoms with E-state index in [1.165, 1.54) is 11.3 Å². The molecule has 2 aromatic rings. The second-order valence-electron chi connectivity index (χ2n) is 4.84. The van der Waals surface area contributed by atoms with Gasteiger partial charge in [-0.3, -0.25) is 0 Å². The van der Waals surface area contributed by atoms with E-state index in [0.717, 1.165) is 18.4 Å². The van der Waals surface area contributed by atoms with Crippen LogP contribution in [-0.2, 0) is 16.1 Å². The monoisotopic (exact) mass is 294 g/mol. The van der Waals surface area contributed by atoms with Crippen LogP contribution in [0.4, 0.5) is 0 Å². The first-order chi connectivity index (χ1) is 9.67. The van der Waals surface area contributed by atoms with E-state index in [-0.39, 0.29) is 12.5 Å². The number of aliphatic hydroxyl groups is 1. The Labute approximate surface area is 119 Å². The second-order valence-corrected chi connectivity index (χ2v) is 5.62. The van der Waals surface area contributed by atoms with Crippen LogP contribution in [0.15, 0.2) is 21.3 Å². The highest BCUT2D eigenvalue weighted by atomic mass is 32.1. The molecule has 0 unspecified atom stereocenters. The summed E-state index contributed by atoms with van der Waals surface area (Å²) in [6.07, 6.45) is 2.59. The van der Waals surface area contributed by atoms with Crippen molar-refractivity contribution in [2.45, 2.75) is 37.9 Å². The Kier molecular flexibility index (Phi) is 3.54. The number of hydrogen-bond donors (Lipinski definition) is 1. The number of aromatic nitrogens is 2. The highest BCUT2D eigenvalue weighted by Crippen LogP contribution is 2.30. The van der Waals surface area contributed by atoms with Gasteiger partial charge < -0.3 is 14.4 Å². The Balaban J connectivity index is 1.60. The minimum absolute atomic E-state index is 0.113. The van der Waals surface area contributed by atoms with Crippen LogP contribution in [0.1, 0.15) is 31.6 Å². The summed E-state index contributed by atoms with van der Waals surface area (Å²) in [5.74, 6) is 0.0864. The van der Waals surface area contributed by atoms with Crippen molar-refractivity contribution in [3.63, 3.8) is 0 Å². The zero-order valence-electron chi connectivity index (χ0n) is 10.7. The van der Waals surface area contributed by atoms with Crippen LogP contribution in [0.2, 0.25) is 0 Å². The van der Waals surface area contributed by atoms with Crippen LogP contribution in [0.5, 0.6) is 0 Å². The normalized spacial score (nSPS) is 17.2. The molecule has 1 N–H and O–H groups in total. The lowest BCUT2D eigenvalue weighted by Gasteiger charge is -2.18. The summed E-state index contributed by atoms with van der Waals surface area (Å²) in [4.78, 5) is 16.0.